The minimum Gasteiger partial charge on any atom is -0.380 e. The van der Waals surface area contributed by atoms with Crippen LogP contribution in [-0.4, -0.2) is 41.8 Å². The van der Waals surface area contributed by atoms with Crippen LogP contribution in [0.15, 0.2) is 12.3 Å². The monoisotopic (exact) mass is 276 g/mol. The molecule has 0 bridgehead atoms. The van der Waals surface area contributed by atoms with Crippen LogP contribution in [0.4, 0.5) is 14.5 Å². The van der Waals surface area contributed by atoms with E-state index in [1.807, 2.05) is 0 Å². The lowest BCUT2D eigenvalue weighted by atomic mass is 9.92. The number of pyridine rings is 1. The van der Waals surface area contributed by atoms with Crippen molar-refractivity contribution in [2.45, 2.75) is 18.1 Å². The van der Waals surface area contributed by atoms with E-state index in [9.17, 15) is 13.9 Å². The number of anilines is 1. The zero-order valence-corrected chi connectivity index (χ0v) is 10.1. The number of fused-ring (bicyclic) bond motifs is 3. The van der Waals surface area contributed by atoms with Gasteiger partial charge in [-0.05, 0) is 6.07 Å². The number of morpholine rings is 1. The smallest absolute Gasteiger partial charge is 0.301 e. The summed E-state index contributed by atoms with van der Waals surface area (Å²) in [6, 6.07) is 0.384. The molecule has 98 valence electrons. The Kier molecular flexibility index (Phi) is 2.69. The topological polar surface area (TPSA) is 45.6 Å². The van der Waals surface area contributed by atoms with Crippen molar-refractivity contribution in [1.82, 2.24) is 4.98 Å². The first-order valence-electron chi connectivity index (χ1n) is 5.57. The highest BCUT2D eigenvalue weighted by molar-refractivity contribution is 6.30. The first kappa shape index (κ1) is 12.1. The molecule has 2 atom stereocenters. The SMILES string of the molecule is O[C@@H]1c2ncc(Cl)cc2N2CCOC[C@H]2C1(F)F. The van der Waals surface area contributed by atoms with Gasteiger partial charge in [-0.25, -0.2) is 8.78 Å². The lowest BCUT2D eigenvalue weighted by Gasteiger charge is -2.47. The van der Waals surface area contributed by atoms with E-state index in [1.165, 1.54) is 11.1 Å². The van der Waals surface area contributed by atoms with E-state index < -0.39 is 18.1 Å². The highest BCUT2D eigenvalue weighted by Gasteiger charge is 2.56. The number of rotatable bonds is 0. The molecule has 3 rings (SSSR count). The van der Waals surface area contributed by atoms with E-state index >= 15 is 0 Å². The maximum atomic E-state index is 14.1. The molecule has 0 aromatic carbocycles. The Labute approximate surface area is 107 Å². The lowest BCUT2D eigenvalue weighted by Crippen LogP contribution is -2.60. The van der Waals surface area contributed by atoms with Crippen molar-refractivity contribution in [2.75, 3.05) is 24.7 Å². The van der Waals surface area contributed by atoms with E-state index in [-0.39, 0.29) is 12.3 Å². The van der Waals surface area contributed by atoms with E-state index in [0.717, 1.165) is 0 Å². The van der Waals surface area contributed by atoms with Crippen LogP contribution < -0.4 is 4.90 Å². The second-order valence-corrected chi connectivity index (χ2v) is 4.86. The minimum atomic E-state index is -3.28. The zero-order valence-electron chi connectivity index (χ0n) is 9.31. The molecular weight excluding hydrogens is 266 g/mol. The number of hydrogen-bond donors (Lipinski definition) is 1. The second kappa shape index (κ2) is 4.01. The molecule has 7 heteroatoms. The van der Waals surface area contributed by atoms with Gasteiger partial charge in [-0.1, -0.05) is 11.6 Å². The summed E-state index contributed by atoms with van der Waals surface area (Å²) in [4.78, 5) is 5.36. The third kappa shape index (κ3) is 1.60. The van der Waals surface area contributed by atoms with Gasteiger partial charge in [0.05, 0.1) is 29.6 Å². The van der Waals surface area contributed by atoms with Crippen molar-refractivity contribution >= 4 is 17.3 Å². The number of alkyl halides is 2. The predicted octanol–water partition coefficient (Wildman–Crippen LogP) is 1.62. The summed E-state index contributed by atoms with van der Waals surface area (Å²) in [5.74, 6) is -3.28. The molecule has 3 heterocycles. The Balaban J connectivity index is 2.15. The molecule has 0 amide bonds. The maximum absolute atomic E-state index is 14.1. The number of aliphatic hydroxyl groups excluding tert-OH is 1. The molecule has 1 fully saturated rings. The van der Waals surface area contributed by atoms with E-state index in [0.29, 0.717) is 23.9 Å². The van der Waals surface area contributed by atoms with Gasteiger partial charge < -0.3 is 14.7 Å². The van der Waals surface area contributed by atoms with Gasteiger partial charge in [0.1, 0.15) is 6.04 Å². The van der Waals surface area contributed by atoms with Gasteiger partial charge in [0, 0.05) is 12.7 Å². The average Bonchev–Trinajstić information content (AvgIpc) is 2.36. The van der Waals surface area contributed by atoms with Crippen molar-refractivity contribution in [3.63, 3.8) is 0 Å². The summed E-state index contributed by atoms with van der Waals surface area (Å²) in [5, 5.41) is 10.1. The van der Waals surface area contributed by atoms with Crippen LogP contribution in [0.2, 0.25) is 5.02 Å². The van der Waals surface area contributed by atoms with E-state index in [4.69, 9.17) is 16.3 Å². The van der Waals surface area contributed by atoms with Gasteiger partial charge in [-0.15, -0.1) is 0 Å². The van der Waals surface area contributed by atoms with Gasteiger partial charge in [-0.2, -0.15) is 0 Å². The molecule has 0 saturated carbocycles. The molecule has 0 unspecified atom stereocenters. The number of aliphatic hydroxyl groups is 1. The van der Waals surface area contributed by atoms with Crippen LogP contribution >= 0.6 is 11.6 Å². The highest BCUT2D eigenvalue weighted by atomic mass is 35.5. The van der Waals surface area contributed by atoms with Crippen LogP contribution in [-0.2, 0) is 4.74 Å². The summed E-state index contributed by atoms with van der Waals surface area (Å²) in [7, 11) is 0. The number of ether oxygens (including phenoxy) is 1. The summed E-state index contributed by atoms with van der Waals surface area (Å²) >= 11 is 5.84. The normalized spacial score (nSPS) is 29.7. The van der Waals surface area contributed by atoms with E-state index in [1.54, 1.807) is 6.07 Å². The van der Waals surface area contributed by atoms with Crippen LogP contribution in [0.1, 0.15) is 11.8 Å². The van der Waals surface area contributed by atoms with Crippen LogP contribution in [0.5, 0.6) is 0 Å². The Morgan fingerprint density at radius 1 is 1.56 bits per heavy atom. The third-order valence-electron chi connectivity index (χ3n) is 3.37. The Morgan fingerprint density at radius 2 is 2.33 bits per heavy atom. The zero-order chi connectivity index (χ0) is 12.9. The maximum Gasteiger partial charge on any atom is 0.301 e. The van der Waals surface area contributed by atoms with Crippen molar-refractivity contribution in [2.24, 2.45) is 0 Å². The number of nitrogens with zero attached hydrogens (tertiary/aromatic N) is 2. The molecule has 0 spiro atoms. The molecule has 2 aliphatic rings. The van der Waals surface area contributed by atoms with Crippen molar-refractivity contribution in [3.05, 3.63) is 23.0 Å². The summed E-state index contributed by atoms with van der Waals surface area (Å²) < 4.78 is 33.2. The second-order valence-electron chi connectivity index (χ2n) is 4.42. The molecule has 1 N–H and O–H groups in total. The Bertz CT molecular complexity index is 486. The molecule has 0 aliphatic carbocycles. The number of hydrogen-bond acceptors (Lipinski definition) is 4. The van der Waals surface area contributed by atoms with Crippen molar-refractivity contribution < 1.29 is 18.6 Å². The van der Waals surface area contributed by atoms with Crippen molar-refractivity contribution in [1.29, 1.82) is 0 Å². The first-order chi connectivity index (χ1) is 8.51. The highest BCUT2D eigenvalue weighted by Crippen LogP contribution is 2.46. The standard InChI is InChI=1S/C11H11ClF2N2O2/c12-6-3-7-9(15-4-6)10(17)11(13,14)8-5-18-2-1-16(7)8/h3-4,8,10,17H,1-2,5H2/t8-,10+/m0/s1. The fourth-order valence-electron chi connectivity index (χ4n) is 2.46. The van der Waals surface area contributed by atoms with E-state index in [2.05, 4.69) is 4.98 Å². The van der Waals surface area contributed by atoms with Crippen molar-refractivity contribution in [3.8, 4) is 0 Å². The third-order valence-corrected chi connectivity index (χ3v) is 3.58. The molecule has 18 heavy (non-hydrogen) atoms. The van der Waals surface area contributed by atoms with Gasteiger partial charge in [0.2, 0.25) is 0 Å². The summed E-state index contributed by atoms with van der Waals surface area (Å²) in [6.07, 6.45) is -0.659. The fourth-order valence-corrected chi connectivity index (χ4v) is 2.61. The van der Waals surface area contributed by atoms with Gasteiger partial charge in [-0.3, -0.25) is 4.98 Å². The lowest BCUT2D eigenvalue weighted by molar-refractivity contribution is -0.153. The Morgan fingerprint density at radius 3 is 3.11 bits per heavy atom. The molecule has 1 saturated heterocycles. The van der Waals surface area contributed by atoms with Crippen LogP contribution in [0.3, 0.4) is 0 Å². The summed E-state index contributed by atoms with van der Waals surface area (Å²) in [6.45, 7) is 0.590. The molecule has 1 aromatic rings. The summed E-state index contributed by atoms with van der Waals surface area (Å²) in [5.41, 5.74) is 0.441. The molecule has 1 aromatic heterocycles. The molecular formula is C11H11ClF2N2O2. The molecule has 0 radical (unpaired) electrons. The molecule has 4 nitrogen and oxygen atoms in total. The first-order valence-corrected chi connectivity index (χ1v) is 5.95. The van der Waals surface area contributed by atoms with Crippen LogP contribution in [0.25, 0.3) is 0 Å². The van der Waals surface area contributed by atoms with Crippen LogP contribution in [0, 0.1) is 0 Å². The van der Waals surface area contributed by atoms with Gasteiger partial charge in [0.15, 0.2) is 6.10 Å². The predicted molar refractivity (Wildman–Crippen MR) is 61.1 cm³/mol. The fraction of sp³-hybridized carbons (Fsp3) is 0.545. The average molecular weight is 277 g/mol. The molecule has 2 aliphatic heterocycles. The number of aromatic nitrogens is 1. The van der Waals surface area contributed by atoms with Gasteiger partial charge >= 0.3 is 5.92 Å². The largest absolute Gasteiger partial charge is 0.380 e. The number of halogens is 3. The minimum absolute atomic E-state index is 0.0254. The quantitative estimate of drug-likeness (QED) is 0.782. The van der Waals surface area contributed by atoms with Gasteiger partial charge in [0.25, 0.3) is 0 Å². The Hall–Kier alpha value is -0.980.